The second-order valence-corrected chi connectivity index (χ2v) is 3.84. The maximum Gasteiger partial charge on any atom is 0.239 e. The number of nitrogens with one attached hydrogen (secondary N) is 1. The Morgan fingerprint density at radius 2 is 2.29 bits per heavy atom. The van der Waals surface area contributed by atoms with Gasteiger partial charge in [-0.1, -0.05) is 0 Å². The molecule has 1 aliphatic heterocycles. The zero-order valence-electron chi connectivity index (χ0n) is 8.83. The van der Waals surface area contributed by atoms with E-state index in [1.165, 1.54) is 0 Å². The van der Waals surface area contributed by atoms with Gasteiger partial charge in [-0.3, -0.25) is 4.79 Å². The van der Waals surface area contributed by atoms with Gasteiger partial charge in [0.2, 0.25) is 5.91 Å². The van der Waals surface area contributed by atoms with Crippen molar-refractivity contribution in [2.75, 3.05) is 26.7 Å². The number of likely N-dealkylation sites (tertiary alicyclic amines) is 1. The van der Waals surface area contributed by atoms with Crippen molar-refractivity contribution < 1.29 is 9.90 Å². The molecule has 1 rings (SSSR count). The fraction of sp³-hybridized carbons (Fsp3) is 0.900. The number of aliphatic hydroxyl groups is 1. The number of carbonyl (C=O) groups is 1. The van der Waals surface area contributed by atoms with E-state index in [0.717, 1.165) is 38.8 Å². The van der Waals surface area contributed by atoms with E-state index >= 15 is 0 Å². The van der Waals surface area contributed by atoms with Crippen molar-refractivity contribution in [2.24, 2.45) is 0 Å². The van der Waals surface area contributed by atoms with E-state index in [1.807, 2.05) is 7.05 Å². The lowest BCUT2D eigenvalue weighted by atomic mass is 10.2. The minimum Gasteiger partial charge on any atom is -0.396 e. The van der Waals surface area contributed by atoms with Gasteiger partial charge in [0.1, 0.15) is 0 Å². The van der Waals surface area contributed by atoms with Crippen LogP contribution in [0.3, 0.4) is 0 Å². The average molecular weight is 200 g/mol. The highest BCUT2D eigenvalue weighted by molar-refractivity contribution is 5.83. The molecule has 0 bridgehead atoms. The third kappa shape index (κ3) is 3.27. The summed E-state index contributed by atoms with van der Waals surface area (Å²) in [5.41, 5.74) is 0. The van der Waals surface area contributed by atoms with Gasteiger partial charge in [0.25, 0.3) is 0 Å². The molecule has 82 valence electrons. The molecule has 1 amide bonds. The van der Waals surface area contributed by atoms with E-state index in [4.69, 9.17) is 5.11 Å². The zero-order chi connectivity index (χ0) is 10.4. The molecular formula is C10H20N2O2. The molecule has 1 aliphatic rings. The van der Waals surface area contributed by atoms with Crippen LogP contribution in [0.5, 0.6) is 0 Å². The molecule has 0 aliphatic carbocycles. The average Bonchev–Trinajstić information content (AvgIpc) is 2.49. The van der Waals surface area contributed by atoms with Crippen molar-refractivity contribution in [3.8, 4) is 0 Å². The fourth-order valence-electron chi connectivity index (χ4n) is 1.70. The van der Waals surface area contributed by atoms with E-state index in [1.54, 1.807) is 4.90 Å². The Hall–Kier alpha value is -0.610. The van der Waals surface area contributed by atoms with E-state index in [9.17, 15) is 4.79 Å². The lowest BCUT2D eigenvalue weighted by Gasteiger charge is -2.11. The molecule has 1 saturated heterocycles. The lowest BCUT2D eigenvalue weighted by Crippen LogP contribution is -2.37. The van der Waals surface area contributed by atoms with Gasteiger partial charge in [0.05, 0.1) is 6.04 Å². The van der Waals surface area contributed by atoms with Gasteiger partial charge in [0, 0.05) is 20.2 Å². The number of hydrogen-bond donors (Lipinski definition) is 2. The zero-order valence-corrected chi connectivity index (χ0v) is 8.83. The second kappa shape index (κ2) is 5.98. The first kappa shape index (κ1) is 11.5. The summed E-state index contributed by atoms with van der Waals surface area (Å²) in [4.78, 5) is 13.2. The molecule has 1 atom stereocenters. The summed E-state index contributed by atoms with van der Waals surface area (Å²) >= 11 is 0. The van der Waals surface area contributed by atoms with Crippen LogP contribution in [-0.2, 0) is 4.79 Å². The predicted molar refractivity (Wildman–Crippen MR) is 55.0 cm³/mol. The Morgan fingerprint density at radius 3 is 2.86 bits per heavy atom. The highest BCUT2D eigenvalue weighted by Crippen LogP contribution is 2.08. The van der Waals surface area contributed by atoms with Crippen LogP contribution >= 0.6 is 0 Å². The monoisotopic (exact) mass is 200 g/mol. The Labute approximate surface area is 85.3 Å². The molecule has 0 aromatic rings. The molecule has 0 radical (unpaired) electrons. The minimum atomic E-state index is 0.0362. The summed E-state index contributed by atoms with van der Waals surface area (Å²) in [5, 5.41) is 11.8. The molecule has 0 spiro atoms. The molecule has 1 unspecified atom stereocenters. The SMILES string of the molecule is CN1CCC(NCCCCCO)C1=O. The molecular weight excluding hydrogens is 180 g/mol. The Morgan fingerprint density at radius 1 is 1.50 bits per heavy atom. The van der Waals surface area contributed by atoms with Crippen molar-refractivity contribution in [2.45, 2.75) is 31.7 Å². The summed E-state index contributed by atoms with van der Waals surface area (Å²) in [6.45, 7) is 2.02. The molecule has 4 nitrogen and oxygen atoms in total. The van der Waals surface area contributed by atoms with Crippen LogP contribution in [0.2, 0.25) is 0 Å². The number of aliphatic hydroxyl groups excluding tert-OH is 1. The molecule has 2 N–H and O–H groups in total. The van der Waals surface area contributed by atoms with Crippen LogP contribution in [0.4, 0.5) is 0 Å². The number of amides is 1. The number of nitrogens with zero attached hydrogens (tertiary/aromatic N) is 1. The van der Waals surface area contributed by atoms with Gasteiger partial charge < -0.3 is 15.3 Å². The van der Waals surface area contributed by atoms with Gasteiger partial charge in [0.15, 0.2) is 0 Å². The van der Waals surface area contributed by atoms with E-state index in [-0.39, 0.29) is 18.6 Å². The topological polar surface area (TPSA) is 52.6 Å². The Bertz CT molecular complexity index is 185. The number of likely N-dealkylation sites (N-methyl/N-ethyl adjacent to an activating group) is 1. The summed E-state index contributed by atoms with van der Waals surface area (Å²) in [7, 11) is 1.84. The molecule has 1 heterocycles. The lowest BCUT2D eigenvalue weighted by molar-refractivity contribution is -0.128. The van der Waals surface area contributed by atoms with E-state index in [2.05, 4.69) is 5.32 Å². The quantitative estimate of drug-likeness (QED) is 0.592. The number of unbranched alkanes of at least 4 members (excludes halogenated alkanes) is 2. The van der Waals surface area contributed by atoms with Gasteiger partial charge in [-0.25, -0.2) is 0 Å². The first-order chi connectivity index (χ1) is 6.75. The number of carbonyl (C=O) groups excluding carboxylic acids is 1. The third-order valence-corrected chi connectivity index (χ3v) is 2.65. The van der Waals surface area contributed by atoms with E-state index in [0.29, 0.717) is 0 Å². The smallest absolute Gasteiger partial charge is 0.239 e. The van der Waals surface area contributed by atoms with Crippen LogP contribution < -0.4 is 5.32 Å². The second-order valence-electron chi connectivity index (χ2n) is 3.84. The molecule has 0 aromatic carbocycles. The summed E-state index contributed by atoms with van der Waals surface area (Å²) in [6.07, 6.45) is 3.85. The first-order valence-corrected chi connectivity index (χ1v) is 5.35. The highest BCUT2D eigenvalue weighted by atomic mass is 16.2. The van der Waals surface area contributed by atoms with Gasteiger partial charge in [-0.05, 0) is 32.2 Å². The van der Waals surface area contributed by atoms with Crippen molar-refractivity contribution in [1.82, 2.24) is 10.2 Å². The van der Waals surface area contributed by atoms with Crippen LogP contribution in [0.15, 0.2) is 0 Å². The van der Waals surface area contributed by atoms with Gasteiger partial charge in [-0.2, -0.15) is 0 Å². The van der Waals surface area contributed by atoms with Crippen molar-refractivity contribution in [1.29, 1.82) is 0 Å². The van der Waals surface area contributed by atoms with E-state index < -0.39 is 0 Å². The van der Waals surface area contributed by atoms with Crippen molar-refractivity contribution in [3.05, 3.63) is 0 Å². The first-order valence-electron chi connectivity index (χ1n) is 5.35. The third-order valence-electron chi connectivity index (χ3n) is 2.65. The Kier molecular flexibility index (Phi) is 4.90. The van der Waals surface area contributed by atoms with Gasteiger partial charge in [-0.15, -0.1) is 0 Å². The molecule has 14 heavy (non-hydrogen) atoms. The largest absolute Gasteiger partial charge is 0.396 e. The standard InChI is InChI=1S/C10H20N2O2/c1-12-7-5-9(10(12)14)11-6-3-2-4-8-13/h9,11,13H,2-8H2,1H3. The molecule has 4 heteroatoms. The Balaban J connectivity index is 2.04. The maximum absolute atomic E-state index is 11.4. The fourth-order valence-corrected chi connectivity index (χ4v) is 1.70. The predicted octanol–water partition coefficient (Wildman–Crippen LogP) is -0.0307. The summed E-state index contributed by atoms with van der Waals surface area (Å²) in [5.74, 6) is 0.215. The number of hydrogen-bond acceptors (Lipinski definition) is 3. The molecule has 0 aromatic heterocycles. The maximum atomic E-state index is 11.4. The summed E-state index contributed by atoms with van der Waals surface area (Å²) < 4.78 is 0. The molecule has 1 fully saturated rings. The normalized spacial score (nSPS) is 22.0. The van der Waals surface area contributed by atoms with Crippen LogP contribution in [-0.4, -0.2) is 48.7 Å². The molecule has 0 saturated carbocycles. The minimum absolute atomic E-state index is 0.0362. The summed E-state index contributed by atoms with van der Waals surface area (Å²) in [6, 6.07) is 0.0362. The van der Waals surface area contributed by atoms with Crippen LogP contribution in [0, 0.1) is 0 Å². The van der Waals surface area contributed by atoms with Crippen molar-refractivity contribution in [3.63, 3.8) is 0 Å². The van der Waals surface area contributed by atoms with Crippen molar-refractivity contribution >= 4 is 5.91 Å². The number of rotatable bonds is 6. The van der Waals surface area contributed by atoms with Crippen LogP contribution in [0.25, 0.3) is 0 Å². The van der Waals surface area contributed by atoms with Crippen LogP contribution in [0.1, 0.15) is 25.7 Å². The highest BCUT2D eigenvalue weighted by Gasteiger charge is 2.27. The van der Waals surface area contributed by atoms with Gasteiger partial charge >= 0.3 is 0 Å².